The number of nitrogens with one attached hydrogen (secondary N) is 1. The molecular weight excluding hydrogens is 435 g/mol. The highest BCUT2D eigenvalue weighted by Crippen LogP contribution is 2.22. The summed E-state index contributed by atoms with van der Waals surface area (Å²) in [5.74, 6) is -1.39. The Morgan fingerprint density at radius 3 is 2.41 bits per heavy atom. The fourth-order valence-electron chi connectivity index (χ4n) is 4.15. The number of nitrogens with zero attached hydrogens (tertiary/aromatic N) is 3. The van der Waals surface area contributed by atoms with E-state index in [-0.39, 0.29) is 24.4 Å². The van der Waals surface area contributed by atoms with Crippen molar-refractivity contribution >= 4 is 35.1 Å². The van der Waals surface area contributed by atoms with Crippen LogP contribution in [0.3, 0.4) is 0 Å². The van der Waals surface area contributed by atoms with Gasteiger partial charge in [0.25, 0.3) is 0 Å². The molecule has 2 saturated heterocycles. The van der Waals surface area contributed by atoms with Crippen LogP contribution in [0.4, 0.5) is 14.9 Å². The third-order valence-corrected chi connectivity index (χ3v) is 6.13. The molecule has 32 heavy (non-hydrogen) atoms. The molecule has 0 radical (unpaired) electrons. The molecule has 4 rings (SSSR count). The van der Waals surface area contributed by atoms with Gasteiger partial charge < -0.3 is 20.0 Å². The van der Waals surface area contributed by atoms with Crippen molar-refractivity contribution in [2.24, 2.45) is 0 Å². The highest BCUT2D eigenvalue weighted by atomic mass is 35.5. The normalized spacial score (nSPS) is 17.6. The first kappa shape index (κ1) is 22.1. The maximum Gasteiger partial charge on any atom is 0.321 e. The summed E-state index contributed by atoms with van der Waals surface area (Å²) in [6.45, 7) is 2.14. The van der Waals surface area contributed by atoms with Crippen molar-refractivity contribution in [1.29, 1.82) is 0 Å². The van der Waals surface area contributed by atoms with Gasteiger partial charge in [0.2, 0.25) is 0 Å². The van der Waals surface area contributed by atoms with Crippen molar-refractivity contribution in [3.63, 3.8) is 0 Å². The van der Waals surface area contributed by atoms with Crippen LogP contribution in [0, 0.1) is 5.82 Å². The molecule has 0 saturated carbocycles. The van der Waals surface area contributed by atoms with E-state index >= 15 is 0 Å². The monoisotopic (exact) mass is 458 g/mol. The molecule has 0 unspecified atom stereocenters. The Morgan fingerprint density at radius 1 is 1.00 bits per heavy atom. The van der Waals surface area contributed by atoms with E-state index in [9.17, 15) is 18.8 Å². The molecule has 2 aliphatic rings. The summed E-state index contributed by atoms with van der Waals surface area (Å²) in [6, 6.07) is 12.6. The van der Waals surface area contributed by atoms with E-state index in [1.54, 1.807) is 46.2 Å². The third-order valence-electron chi connectivity index (χ3n) is 5.90. The van der Waals surface area contributed by atoms with Crippen LogP contribution in [-0.2, 0) is 16.1 Å². The van der Waals surface area contributed by atoms with Crippen LogP contribution in [0.2, 0.25) is 5.02 Å². The molecule has 2 aromatic carbocycles. The second-order valence-electron chi connectivity index (χ2n) is 8.01. The first-order valence-corrected chi connectivity index (χ1v) is 10.9. The molecule has 0 atom stereocenters. The Hall–Kier alpha value is -3.13. The van der Waals surface area contributed by atoms with Gasteiger partial charge in [0.1, 0.15) is 5.82 Å². The summed E-state index contributed by atoms with van der Waals surface area (Å²) in [7, 11) is 0. The van der Waals surface area contributed by atoms with Crippen molar-refractivity contribution in [2.45, 2.75) is 25.4 Å². The number of piperazine rings is 1. The number of piperidine rings is 1. The van der Waals surface area contributed by atoms with Crippen molar-refractivity contribution < 1.29 is 18.8 Å². The van der Waals surface area contributed by atoms with E-state index in [1.807, 2.05) is 0 Å². The second-order valence-corrected chi connectivity index (χ2v) is 8.45. The quantitative estimate of drug-likeness (QED) is 0.714. The van der Waals surface area contributed by atoms with Gasteiger partial charge in [0.05, 0.1) is 0 Å². The summed E-state index contributed by atoms with van der Waals surface area (Å²) in [5.41, 5.74) is 1.41. The third kappa shape index (κ3) is 5.02. The molecule has 168 valence electrons. The molecule has 9 heteroatoms. The molecule has 7 nitrogen and oxygen atoms in total. The number of halogens is 2. The SMILES string of the molecule is O=C(Nc1cccc(Cl)c1)N1CCC(N2CCN(Cc3ccc(F)cc3)C(=O)C2=O)CC1. The van der Waals surface area contributed by atoms with Gasteiger partial charge in [0, 0.05) is 49.5 Å². The number of hydrogen-bond donors (Lipinski definition) is 1. The number of amides is 4. The summed E-state index contributed by atoms with van der Waals surface area (Å²) in [4.78, 5) is 42.7. The molecule has 0 aromatic heterocycles. The lowest BCUT2D eigenvalue weighted by atomic mass is 10.0. The average Bonchev–Trinajstić information content (AvgIpc) is 2.79. The van der Waals surface area contributed by atoms with Gasteiger partial charge in [-0.3, -0.25) is 9.59 Å². The molecule has 0 aliphatic carbocycles. The van der Waals surface area contributed by atoms with E-state index < -0.39 is 11.8 Å². The predicted molar refractivity (Wildman–Crippen MR) is 119 cm³/mol. The summed E-state index contributed by atoms with van der Waals surface area (Å²) < 4.78 is 13.1. The van der Waals surface area contributed by atoms with Crippen LogP contribution >= 0.6 is 11.6 Å². The first-order chi connectivity index (χ1) is 15.4. The van der Waals surface area contributed by atoms with E-state index in [2.05, 4.69) is 5.32 Å². The highest BCUT2D eigenvalue weighted by molar-refractivity contribution is 6.35. The van der Waals surface area contributed by atoms with Crippen LogP contribution < -0.4 is 5.32 Å². The van der Waals surface area contributed by atoms with E-state index in [0.717, 1.165) is 5.56 Å². The van der Waals surface area contributed by atoms with Crippen molar-refractivity contribution in [3.8, 4) is 0 Å². The molecule has 4 amide bonds. The van der Waals surface area contributed by atoms with Crippen LogP contribution in [-0.4, -0.2) is 64.8 Å². The minimum Gasteiger partial charge on any atom is -0.330 e. The minimum absolute atomic E-state index is 0.0744. The van der Waals surface area contributed by atoms with Gasteiger partial charge in [-0.05, 0) is 48.7 Å². The highest BCUT2D eigenvalue weighted by Gasteiger charge is 2.38. The van der Waals surface area contributed by atoms with Crippen molar-refractivity contribution in [3.05, 3.63) is 64.9 Å². The van der Waals surface area contributed by atoms with Crippen LogP contribution in [0.1, 0.15) is 18.4 Å². The minimum atomic E-state index is -0.540. The number of urea groups is 1. The molecular formula is C23H24ClFN4O3. The number of carbonyl (C=O) groups excluding carboxylic acids is 3. The molecule has 2 aliphatic heterocycles. The molecule has 0 spiro atoms. The maximum atomic E-state index is 13.1. The molecule has 2 fully saturated rings. The number of anilines is 1. The maximum absolute atomic E-state index is 13.1. The van der Waals surface area contributed by atoms with Gasteiger partial charge in [-0.2, -0.15) is 0 Å². The lowest BCUT2D eigenvalue weighted by Gasteiger charge is -2.42. The molecule has 0 bridgehead atoms. The van der Waals surface area contributed by atoms with Crippen LogP contribution in [0.5, 0.6) is 0 Å². The standard InChI is InChI=1S/C23H24ClFN4O3/c24-17-2-1-3-19(14-17)26-23(32)27-10-8-20(9-11-27)29-13-12-28(21(30)22(29)31)15-16-4-6-18(25)7-5-16/h1-7,14,20H,8-13,15H2,(H,26,32). The molecule has 2 aromatic rings. The van der Waals surface area contributed by atoms with Gasteiger partial charge >= 0.3 is 17.8 Å². The summed E-state index contributed by atoms with van der Waals surface area (Å²) >= 11 is 5.96. The van der Waals surface area contributed by atoms with E-state index in [1.165, 1.54) is 17.0 Å². The fraction of sp³-hybridized carbons (Fsp3) is 0.348. The van der Waals surface area contributed by atoms with Crippen LogP contribution in [0.15, 0.2) is 48.5 Å². The Kier molecular flexibility index (Phi) is 6.60. The number of carbonyl (C=O) groups is 3. The van der Waals surface area contributed by atoms with E-state index in [0.29, 0.717) is 49.7 Å². The van der Waals surface area contributed by atoms with Crippen molar-refractivity contribution in [1.82, 2.24) is 14.7 Å². The van der Waals surface area contributed by atoms with Gasteiger partial charge in [-0.15, -0.1) is 0 Å². The average molecular weight is 459 g/mol. The number of benzene rings is 2. The Bertz CT molecular complexity index is 1010. The smallest absolute Gasteiger partial charge is 0.321 e. The number of rotatable bonds is 4. The van der Waals surface area contributed by atoms with Crippen LogP contribution in [0.25, 0.3) is 0 Å². The Labute approximate surface area is 190 Å². The number of likely N-dealkylation sites (tertiary alicyclic amines) is 1. The lowest BCUT2D eigenvalue weighted by molar-refractivity contribution is -0.158. The zero-order chi connectivity index (χ0) is 22.7. The van der Waals surface area contributed by atoms with Gasteiger partial charge in [-0.1, -0.05) is 29.8 Å². The van der Waals surface area contributed by atoms with Gasteiger partial charge in [-0.25, -0.2) is 9.18 Å². The fourth-order valence-corrected chi connectivity index (χ4v) is 4.34. The molecule has 2 heterocycles. The zero-order valence-electron chi connectivity index (χ0n) is 17.5. The zero-order valence-corrected chi connectivity index (χ0v) is 18.2. The second kappa shape index (κ2) is 9.56. The predicted octanol–water partition coefficient (Wildman–Crippen LogP) is 3.35. The summed E-state index contributed by atoms with van der Waals surface area (Å²) in [6.07, 6.45) is 1.22. The topological polar surface area (TPSA) is 73.0 Å². The first-order valence-electron chi connectivity index (χ1n) is 10.6. The van der Waals surface area contributed by atoms with E-state index in [4.69, 9.17) is 11.6 Å². The lowest BCUT2D eigenvalue weighted by Crippen LogP contribution is -2.59. The number of hydrogen-bond acceptors (Lipinski definition) is 3. The van der Waals surface area contributed by atoms with Crippen molar-refractivity contribution in [2.75, 3.05) is 31.5 Å². The summed E-state index contributed by atoms with van der Waals surface area (Å²) in [5, 5.41) is 3.38. The Balaban J connectivity index is 1.29. The Morgan fingerprint density at radius 2 is 1.72 bits per heavy atom. The molecule has 1 N–H and O–H groups in total. The largest absolute Gasteiger partial charge is 0.330 e. The van der Waals surface area contributed by atoms with Gasteiger partial charge in [0.15, 0.2) is 0 Å².